The number of ether oxygens (including phenoxy) is 1. The van der Waals surface area contributed by atoms with Crippen LogP contribution in [0.15, 0.2) is 18.2 Å². The highest BCUT2D eigenvalue weighted by Gasteiger charge is 2.34. The predicted molar refractivity (Wildman–Crippen MR) is 80.1 cm³/mol. The van der Waals surface area contributed by atoms with Crippen molar-refractivity contribution in [1.82, 2.24) is 10.2 Å². The fourth-order valence-corrected chi connectivity index (χ4v) is 4.14. The average molecular weight is 272 g/mol. The number of nitrogens with one attached hydrogen (secondary N) is 1. The third kappa shape index (κ3) is 2.33. The van der Waals surface area contributed by atoms with E-state index in [1.807, 2.05) is 0 Å². The Morgan fingerprint density at radius 3 is 2.85 bits per heavy atom. The smallest absolute Gasteiger partial charge is 0.122 e. The second-order valence-corrected chi connectivity index (χ2v) is 6.72. The predicted octanol–water partition coefficient (Wildman–Crippen LogP) is 2.34. The van der Waals surface area contributed by atoms with Gasteiger partial charge in [-0.25, -0.2) is 0 Å². The standard InChI is InChI=1S/C17H24N2O/c1-19(16-9-14-3-4-15(10-16)18-14)11-12-2-5-17-13(8-12)6-7-20-17/h2,5,8,14-16,18H,3-4,6-7,9-11H2,1H3. The van der Waals surface area contributed by atoms with Crippen LogP contribution in [0.3, 0.4) is 0 Å². The van der Waals surface area contributed by atoms with Crippen molar-refractivity contribution in [2.75, 3.05) is 13.7 Å². The molecule has 0 aliphatic carbocycles. The molecule has 4 rings (SSSR count). The van der Waals surface area contributed by atoms with Gasteiger partial charge in [0.1, 0.15) is 5.75 Å². The molecule has 2 unspecified atom stereocenters. The summed E-state index contributed by atoms with van der Waals surface area (Å²) in [4.78, 5) is 2.56. The third-order valence-electron chi connectivity index (χ3n) is 5.26. The van der Waals surface area contributed by atoms with Crippen LogP contribution in [0.25, 0.3) is 0 Å². The van der Waals surface area contributed by atoms with E-state index in [-0.39, 0.29) is 0 Å². The first-order valence-electron chi connectivity index (χ1n) is 7.99. The summed E-state index contributed by atoms with van der Waals surface area (Å²) in [6, 6.07) is 9.02. The molecule has 3 nitrogen and oxygen atoms in total. The fraction of sp³-hybridized carbons (Fsp3) is 0.647. The van der Waals surface area contributed by atoms with Crippen LogP contribution in [0.5, 0.6) is 5.75 Å². The Morgan fingerprint density at radius 2 is 2.05 bits per heavy atom. The van der Waals surface area contributed by atoms with E-state index in [2.05, 4.69) is 35.5 Å². The van der Waals surface area contributed by atoms with E-state index in [4.69, 9.17) is 4.74 Å². The number of rotatable bonds is 3. The summed E-state index contributed by atoms with van der Waals surface area (Å²) in [5.41, 5.74) is 2.82. The first-order chi connectivity index (χ1) is 9.78. The van der Waals surface area contributed by atoms with Crippen LogP contribution in [0.1, 0.15) is 36.8 Å². The van der Waals surface area contributed by atoms with Crippen LogP contribution in [0.2, 0.25) is 0 Å². The van der Waals surface area contributed by atoms with Crippen molar-refractivity contribution in [3.63, 3.8) is 0 Å². The van der Waals surface area contributed by atoms with E-state index in [0.717, 1.165) is 43.4 Å². The maximum Gasteiger partial charge on any atom is 0.122 e. The van der Waals surface area contributed by atoms with E-state index >= 15 is 0 Å². The van der Waals surface area contributed by atoms with Gasteiger partial charge in [0.15, 0.2) is 0 Å². The molecule has 0 radical (unpaired) electrons. The molecule has 20 heavy (non-hydrogen) atoms. The van der Waals surface area contributed by atoms with Crippen molar-refractivity contribution < 1.29 is 4.74 Å². The van der Waals surface area contributed by atoms with Gasteiger partial charge in [-0.15, -0.1) is 0 Å². The van der Waals surface area contributed by atoms with Crippen LogP contribution < -0.4 is 10.1 Å². The molecule has 3 aliphatic heterocycles. The number of nitrogens with zero attached hydrogens (tertiary/aromatic N) is 1. The van der Waals surface area contributed by atoms with Crippen molar-refractivity contribution in [2.24, 2.45) is 0 Å². The summed E-state index contributed by atoms with van der Waals surface area (Å²) in [5.74, 6) is 1.09. The van der Waals surface area contributed by atoms with Crippen molar-refractivity contribution in [2.45, 2.75) is 56.8 Å². The molecule has 3 heteroatoms. The molecule has 0 spiro atoms. The van der Waals surface area contributed by atoms with E-state index in [9.17, 15) is 0 Å². The molecule has 3 heterocycles. The summed E-state index contributed by atoms with van der Waals surface area (Å²) in [5, 5.41) is 3.73. The molecule has 0 amide bonds. The van der Waals surface area contributed by atoms with Gasteiger partial charge in [-0.3, -0.25) is 4.90 Å². The Morgan fingerprint density at radius 1 is 1.25 bits per heavy atom. The molecular weight excluding hydrogens is 248 g/mol. The monoisotopic (exact) mass is 272 g/mol. The first kappa shape index (κ1) is 12.7. The number of benzene rings is 1. The largest absolute Gasteiger partial charge is 0.493 e. The minimum absolute atomic E-state index is 0.748. The van der Waals surface area contributed by atoms with E-state index in [1.54, 1.807) is 0 Å². The minimum Gasteiger partial charge on any atom is -0.493 e. The second kappa shape index (κ2) is 5.05. The lowest BCUT2D eigenvalue weighted by Gasteiger charge is -2.35. The zero-order valence-electron chi connectivity index (χ0n) is 12.3. The van der Waals surface area contributed by atoms with E-state index in [0.29, 0.717) is 0 Å². The third-order valence-corrected chi connectivity index (χ3v) is 5.26. The van der Waals surface area contributed by atoms with Crippen LogP contribution in [0.4, 0.5) is 0 Å². The highest BCUT2D eigenvalue weighted by atomic mass is 16.5. The Hall–Kier alpha value is -1.06. The van der Waals surface area contributed by atoms with Crippen LogP contribution >= 0.6 is 0 Å². The maximum absolute atomic E-state index is 5.59. The molecule has 1 aromatic carbocycles. The van der Waals surface area contributed by atoms with Gasteiger partial charge in [-0.05, 0) is 49.9 Å². The van der Waals surface area contributed by atoms with E-state index < -0.39 is 0 Å². The molecule has 2 saturated heterocycles. The van der Waals surface area contributed by atoms with Crippen molar-refractivity contribution in [3.8, 4) is 5.75 Å². The maximum atomic E-state index is 5.59. The highest BCUT2D eigenvalue weighted by molar-refractivity contribution is 5.39. The van der Waals surface area contributed by atoms with Gasteiger partial charge in [0.2, 0.25) is 0 Å². The molecule has 1 N–H and O–H groups in total. The Balaban J connectivity index is 1.43. The lowest BCUT2D eigenvalue weighted by Crippen LogP contribution is -2.46. The van der Waals surface area contributed by atoms with Crippen LogP contribution in [-0.4, -0.2) is 36.7 Å². The van der Waals surface area contributed by atoms with Gasteiger partial charge in [0.05, 0.1) is 6.61 Å². The van der Waals surface area contributed by atoms with Gasteiger partial charge < -0.3 is 10.1 Å². The van der Waals surface area contributed by atoms with Gasteiger partial charge in [-0.1, -0.05) is 12.1 Å². The summed E-state index contributed by atoms with van der Waals surface area (Å²) < 4.78 is 5.59. The van der Waals surface area contributed by atoms with Gasteiger partial charge in [-0.2, -0.15) is 0 Å². The number of hydrogen-bond acceptors (Lipinski definition) is 3. The lowest BCUT2D eigenvalue weighted by molar-refractivity contribution is 0.166. The van der Waals surface area contributed by atoms with Crippen molar-refractivity contribution in [1.29, 1.82) is 0 Å². The zero-order chi connectivity index (χ0) is 13.5. The number of hydrogen-bond donors (Lipinski definition) is 1. The fourth-order valence-electron chi connectivity index (χ4n) is 4.14. The molecule has 1 aromatic rings. The highest BCUT2D eigenvalue weighted by Crippen LogP contribution is 2.31. The minimum atomic E-state index is 0.748. The molecule has 3 aliphatic rings. The summed E-state index contributed by atoms with van der Waals surface area (Å²) in [7, 11) is 2.29. The Bertz CT molecular complexity index is 490. The van der Waals surface area contributed by atoms with Gasteiger partial charge in [0, 0.05) is 31.1 Å². The molecular formula is C17H24N2O. The van der Waals surface area contributed by atoms with Crippen molar-refractivity contribution in [3.05, 3.63) is 29.3 Å². The molecule has 0 saturated carbocycles. The normalized spacial score (nSPS) is 31.4. The molecule has 0 aromatic heterocycles. The van der Waals surface area contributed by atoms with Crippen LogP contribution in [0, 0.1) is 0 Å². The number of fused-ring (bicyclic) bond motifs is 3. The Labute approximate surface area is 121 Å². The topological polar surface area (TPSA) is 24.5 Å². The van der Waals surface area contributed by atoms with Gasteiger partial charge >= 0.3 is 0 Å². The molecule has 2 bridgehead atoms. The van der Waals surface area contributed by atoms with Gasteiger partial charge in [0.25, 0.3) is 0 Å². The lowest BCUT2D eigenvalue weighted by atomic mass is 9.98. The summed E-state index contributed by atoms with van der Waals surface area (Å²) in [6.07, 6.45) is 6.48. The first-order valence-corrected chi connectivity index (χ1v) is 7.99. The second-order valence-electron chi connectivity index (χ2n) is 6.72. The summed E-state index contributed by atoms with van der Waals surface area (Å²) in [6.45, 7) is 1.92. The average Bonchev–Trinajstić information content (AvgIpc) is 3.04. The quantitative estimate of drug-likeness (QED) is 0.914. The molecule has 108 valence electrons. The molecule has 2 atom stereocenters. The SMILES string of the molecule is CN(Cc1ccc2c(c1)CCO2)C1CC2CCC(C1)N2. The summed E-state index contributed by atoms with van der Waals surface area (Å²) >= 11 is 0. The number of piperidine rings is 1. The van der Waals surface area contributed by atoms with Crippen molar-refractivity contribution >= 4 is 0 Å². The Kier molecular flexibility index (Phi) is 3.20. The van der Waals surface area contributed by atoms with Crippen LogP contribution in [-0.2, 0) is 13.0 Å². The molecule has 2 fully saturated rings. The zero-order valence-corrected chi connectivity index (χ0v) is 12.3. The van der Waals surface area contributed by atoms with E-state index in [1.165, 1.54) is 36.8 Å².